The van der Waals surface area contributed by atoms with Crippen molar-refractivity contribution in [3.8, 4) is 5.75 Å². The van der Waals surface area contributed by atoms with E-state index in [9.17, 15) is 18.0 Å². The van der Waals surface area contributed by atoms with Crippen LogP contribution in [0.1, 0.15) is 34.2 Å². The minimum absolute atomic E-state index is 0.128. The molecule has 0 N–H and O–H groups in total. The normalized spacial score (nSPS) is 10.7. The molecule has 0 aliphatic rings. The number of nitrogens with zero attached hydrogens (tertiary/aromatic N) is 1. The summed E-state index contributed by atoms with van der Waals surface area (Å²) in [5, 5.41) is 0.443. The van der Waals surface area contributed by atoms with Crippen molar-refractivity contribution >= 4 is 17.6 Å². The van der Waals surface area contributed by atoms with Gasteiger partial charge in [0.15, 0.2) is 11.6 Å². The number of esters is 1. The number of benzene rings is 2. The maximum atomic E-state index is 13.9. The van der Waals surface area contributed by atoms with Crippen LogP contribution < -0.4 is 4.74 Å². The summed E-state index contributed by atoms with van der Waals surface area (Å²) >= 11 is 6.09. The SMILES string of the molecule is CCOC(=O)c1cccc(Cc2cc(Cl)ccc2OCc2cc(F)c(F)cc2F)n1. The fourth-order valence-electron chi connectivity index (χ4n) is 2.75. The third-order valence-electron chi connectivity index (χ3n) is 4.16. The Balaban J connectivity index is 1.82. The highest BCUT2D eigenvalue weighted by atomic mass is 35.5. The summed E-state index contributed by atoms with van der Waals surface area (Å²) in [4.78, 5) is 16.2. The molecule has 0 aliphatic carbocycles. The molecule has 3 aromatic rings. The van der Waals surface area contributed by atoms with E-state index in [-0.39, 0.29) is 30.9 Å². The Bertz CT molecular complexity index is 1080. The van der Waals surface area contributed by atoms with Crippen molar-refractivity contribution in [2.24, 2.45) is 0 Å². The summed E-state index contributed by atoms with van der Waals surface area (Å²) in [6.45, 7) is 1.62. The summed E-state index contributed by atoms with van der Waals surface area (Å²) in [5.74, 6) is -3.50. The maximum absolute atomic E-state index is 13.9. The van der Waals surface area contributed by atoms with Crippen LogP contribution in [0.15, 0.2) is 48.5 Å². The van der Waals surface area contributed by atoms with E-state index < -0.39 is 23.4 Å². The van der Waals surface area contributed by atoms with Crippen LogP contribution in [0.5, 0.6) is 5.75 Å². The Labute approximate surface area is 176 Å². The van der Waals surface area contributed by atoms with Crippen LogP contribution in [0.4, 0.5) is 13.2 Å². The second-order valence-corrected chi connectivity index (χ2v) is 6.75. The lowest BCUT2D eigenvalue weighted by molar-refractivity contribution is 0.0519. The van der Waals surface area contributed by atoms with E-state index in [1.54, 1.807) is 43.3 Å². The lowest BCUT2D eigenvalue weighted by Crippen LogP contribution is -2.09. The summed E-state index contributed by atoms with van der Waals surface area (Å²) in [6, 6.07) is 11.0. The smallest absolute Gasteiger partial charge is 0.356 e. The van der Waals surface area contributed by atoms with Crippen LogP contribution >= 0.6 is 11.6 Å². The first-order chi connectivity index (χ1) is 14.4. The Hall–Kier alpha value is -3.06. The predicted octanol–water partition coefficient (Wildman–Crippen LogP) is 5.50. The molecule has 0 fully saturated rings. The molecular formula is C22H17ClF3NO3. The van der Waals surface area contributed by atoms with Crippen molar-refractivity contribution in [3.63, 3.8) is 0 Å². The molecule has 0 atom stereocenters. The van der Waals surface area contributed by atoms with Crippen molar-refractivity contribution < 1.29 is 27.4 Å². The molecule has 156 valence electrons. The van der Waals surface area contributed by atoms with Gasteiger partial charge in [-0.1, -0.05) is 17.7 Å². The average Bonchev–Trinajstić information content (AvgIpc) is 2.71. The zero-order chi connectivity index (χ0) is 21.7. The van der Waals surface area contributed by atoms with Crippen LogP contribution in [0, 0.1) is 17.5 Å². The third kappa shape index (κ3) is 5.30. The minimum Gasteiger partial charge on any atom is -0.488 e. The second kappa shape index (κ2) is 9.63. The van der Waals surface area contributed by atoms with Gasteiger partial charge in [-0.2, -0.15) is 0 Å². The molecule has 8 heteroatoms. The number of pyridine rings is 1. The number of hydrogen-bond acceptors (Lipinski definition) is 4. The van der Waals surface area contributed by atoms with E-state index >= 15 is 0 Å². The zero-order valence-electron chi connectivity index (χ0n) is 15.9. The molecule has 2 aromatic carbocycles. The molecule has 1 heterocycles. The molecule has 1 aromatic heterocycles. The molecule has 0 radical (unpaired) electrons. The van der Waals surface area contributed by atoms with E-state index in [1.807, 2.05) is 0 Å². The number of ether oxygens (including phenoxy) is 2. The largest absolute Gasteiger partial charge is 0.488 e. The number of halogens is 4. The lowest BCUT2D eigenvalue weighted by Gasteiger charge is -2.13. The lowest BCUT2D eigenvalue weighted by atomic mass is 10.1. The third-order valence-corrected chi connectivity index (χ3v) is 4.39. The molecule has 0 saturated carbocycles. The zero-order valence-corrected chi connectivity index (χ0v) is 16.7. The first kappa shape index (κ1) is 21.6. The highest BCUT2D eigenvalue weighted by Crippen LogP contribution is 2.27. The number of carbonyl (C=O) groups is 1. The first-order valence-electron chi connectivity index (χ1n) is 9.05. The number of hydrogen-bond donors (Lipinski definition) is 0. The molecule has 0 spiro atoms. The van der Waals surface area contributed by atoms with E-state index in [0.717, 1.165) is 6.07 Å². The van der Waals surface area contributed by atoms with Crippen LogP contribution in [0.2, 0.25) is 5.02 Å². The fraction of sp³-hybridized carbons (Fsp3) is 0.182. The molecule has 30 heavy (non-hydrogen) atoms. The summed E-state index contributed by atoms with van der Waals surface area (Å²) in [5.41, 5.74) is 1.23. The molecular weight excluding hydrogens is 419 g/mol. The summed E-state index contributed by atoms with van der Waals surface area (Å²) in [6.07, 6.45) is 0.267. The number of aromatic nitrogens is 1. The Morgan fingerprint density at radius 2 is 1.77 bits per heavy atom. The topological polar surface area (TPSA) is 48.4 Å². The van der Waals surface area contributed by atoms with E-state index in [1.165, 1.54) is 0 Å². The highest BCUT2D eigenvalue weighted by molar-refractivity contribution is 6.30. The Morgan fingerprint density at radius 3 is 2.53 bits per heavy atom. The first-order valence-corrected chi connectivity index (χ1v) is 9.43. The van der Waals surface area contributed by atoms with Crippen molar-refractivity contribution in [3.05, 3.63) is 93.5 Å². The molecule has 4 nitrogen and oxygen atoms in total. The van der Waals surface area contributed by atoms with Gasteiger partial charge in [0.2, 0.25) is 0 Å². The summed E-state index contributed by atoms with van der Waals surface area (Å²) < 4.78 is 51.0. The van der Waals surface area contributed by atoms with Crippen molar-refractivity contribution in [2.75, 3.05) is 6.61 Å². The van der Waals surface area contributed by atoms with Gasteiger partial charge >= 0.3 is 5.97 Å². The summed E-state index contributed by atoms with van der Waals surface area (Å²) in [7, 11) is 0. The van der Waals surface area contributed by atoms with Crippen molar-refractivity contribution in [1.82, 2.24) is 4.98 Å². The standard InChI is InChI=1S/C22H17ClF3NO3/c1-2-29-22(28)20-5-3-4-16(27-20)9-13-8-15(23)6-7-21(13)30-12-14-10-18(25)19(26)11-17(14)24/h3-8,10-11H,2,9,12H2,1H3. The predicted molar refractivity (Wildman–Crippen MR) is 105 cm³/mol. The van der Waals surface area contributed by atoms with E-state index in [2.05, 4.69) is 4.98 Å². The Kier molecular flexibility index (Phi) is 6.95. The van der Waals surface area contributed by atoms with Crippen molar-refractivity contribution in [1.29, 1.82) is 0 Å². The van der Waals surface area contributed by atoms with Gasteiger partial charge in [0.05, 0.1) is 6.61 Å². The van der Waals surface area contributed by atoms with Gasteiger partial charge in [-0.05, 0) is 43.3 Å². The van der Waals surface area contributed by atoms with Gasteiger partial charge in [-0.25, -0.2) is 22.9 Å². The van der Waals surface area contributed by atoms with Crippen molar-refractivity contribution in [2.45, 2.75) is 20.0 Å². The van der Waals surface area contributed by atoms with E-state index in [0.29, 0.717) is 28.1 Å². The Morgan fingerprint density at radius 1 is 1.00 bits per heavy atom. The number of rotatable bonds is 7. The van der Waals surface area contributed by atoms with E-state index in [4.69, 9.17) is 21.1 Å². The highest BCUT2D eigenvalue weighted by Gasteiger charge is 2.14. The van der Waals surface area contributed by atoms with Gasteiger partial charge < -0.3 is 9.47 Å². The molecule has 0 unspecified atom stereocenters. The molecule has 0 saturated heterocycles. The monoisotopic (exact) mass is 435 g/mol. The molecule has 0 bridgehead atoms. The quantitative estimate of drug-likeness (QED) is 0.363. The number of carbonyl (C=O) groups excluding carboxylic acids is 1. The molecule has 0 aliphatic heterocycles. The van der Waals surface area contributed by atoms with Gasteiger partial charge in [0.25, 0.3) is 0 Å². The molecule has 3 rings (SSSR count). The van der Waals surface area contributed by atoms with Crippen LogP contribution in [0.3, 0.4) is 0 Å². The van der Waals surface area contributed by atoms with Gasteiger partial charge in [0, 0.05) is 34.3 Å². The van der Waals surface area contributed by atoms with Gasteiger partial charge in [-0.3, -0.25) is 0 Å². The van der Waals surface area contributed by atoms with Gasteiger partial charge in [-0.15, -0.1) is 0 Å². The van der Waals surface area contributed by atoms with Crippen LogP contribution in [0.25, 0.3) is 0 Å². The maximum Gasteiger partial charge on any atom is 0.356 e. The van der Waals surface area contributed by atoms with Crippen LogP contribution in [-0.2, 0) is 17.8 Å². The average molecular weight is 436 g/mol. The molecule has 0 amide bonds. The minimum atomic E-state index is -1.27. The van der Waals surface area contributed by atoms with Crippen LogP contribution in [-0.4, -0.2) is 17.6 Å². The second-order valence-electron chi connectivity index (χ2n) is 6.31. The fourth-order valence-corrected chi connectivity index (χ4v) is 2.94. The van der Waals surface area contributed by atoms with Gasteiger partial charge in [0.1, 0.15) is 23.9 Å².